The summed E-state index contributed by atoms with van der Waals surface area (Å²) in [7, 11) is 0. The van der Waals surface area contributed by atoms with Gasteiger partial charge in [0.25, 0.3) is 5.91 Å². The molecule has 1 aliphatic heterocycles. The molecule has 0 saturated carbocycles. The standard InChI is InChI=1S/C18H14N2O3S2/c21-16-15(10-13-7-4-8-19-11-13)25-18(24)20(16)14(17(22)23)9-12-5-2-1-3-6-12/h1-8,10-11,14H,9H2,(H,22,23)/p-1/b15-10-/t14-/m0/s1. The van der Waals surface area contributed by atoms with E-state index in [1.807, 2.05) is 18.2 Å². The molecule has 0 radical (unpaired) electrons. The van der Waals surface area contributed by atoms with E-state index in [1.54, 1.807) is 42.7 Å². The number of aromatic nitrogens is 1. The molecule has 0 aliphatic carbocycles. The van der Waals surface area contributed by atoms with Crippen molar-refractivity contribution < 1.29 is 14.7 Å². The van der Waals surface area contributed by atoms with E-state index in [2.05, 4.69) is 4.98 Å². The number of hydrogen-bond donors (Lipinski definition) is 0. The Morgan fingerprint density at radius 2 is 2.04 bits per heavy atom. The maximum absolute atomic E-state index is 12.7. The molecule has 1 aromatic carbocycles. The topological polar surface area (TPSA) is 73.3 Å². The first-order valence-electron chi connectivity index (χ1n) is 7.48. The number of carboxylic acid groups (broad SMARTS) is 1. The number of carbonyl (C=O) groups excluding carboxylic acids is 2. The predicted molar refractivity (Wildman–Crippen MR) is 98.2 cm³/mol. The van der Waals surface area contributed by atoms with Crippen LogP contribution >= 0.6 is 24.0 Å². The first kappa shape index (κ1) is 17.3. The van der Waals surface area contributed by atoms with Crippen LogP contribution in [0.25, 0.3) is 6.08 Å². The number of pyridine rings is 1. The van der Waals surface area contributed by atoms with Gasteiger partial charge in [-0.2, -0.15) is 0 Å². The highest BCUT2D eigenvalue weighted by molar-refractivity contribution is 8.26. The number of thioether (sulfide) groups is 1. The fourth-order valence-corrected chi connectivity index (χ4v) is 3.84. The summed E-state index contributed by atoms with van der Waals surface area (Å²) in [5.74, 6) is -1.76. The Kier molecular flexibility index (Phi) is 5.25. The van der Waals surface area contributed by atoms with E-state index in [4.69, 9.17) is 12.2 Å². The Balaban J connectivity index is 1.87. The van der Waals surface area contributed by atoms with E-state index < -0.39 is 17.9 Å². The molecule has 0 spiro atoms. The van der Waals surface area contributed by atoms with Gasteiger partial charge in [0.2, 0.25) is 0 Å². The number of aliphatic carboxylic acids is 1. The van der Waals surface area contributed by atoms with Crippen molar-refractivity contribution in [1.82, 2.24) is 9.88 Å². The first-order valence-corrected chi connectivity index (χ1v) is 8.70. The third kappa shape index (κ3) is 3.94. The average Bonchev–Trinajstić information content (AvgIpc) is 2.88. The van der Waals surface area contributed by atoms with Crippen molar-refractivity contribution >= 4 is 46.3 Å². The lowest BCUT2D eigenvalue weighted by atomic mass is 10.0. The Bertz CT molecular complexity index is 838. The lowest BCUT2D eigenvalue weighted by Gasteiger charge is -2.27. The summed E-state index contributed by atoms with van der Waals surface area (Å²) in [5, 5.41) is 11.6. The lowest BCUT2D eigenvalue weighted by molar-refractivity contribution is -0.310. The highest BCUT2D eigenvalue weighted by atomic mass is 32.2. The molecule has 2 aromatic rings. The zero-order valence-corrected chi connectivity index (χ0v) is 14.6. The van der Waals surface area contributed by atoms with Crippen LogP contribution < -0.4 is 5.11 Å². The Labute approximate surface area is 154 Å². The van der Waals surface area contributed by atoms with Crippen molar-refractivity contribution in [1.29, 1.82) is 0 Å². The van der Waals surface area contributed by atoms with Gasteiger partial charge in [-0.3, -0.25) is 14.7 Å². The van der Waals surface area contributed by atoms with Gasteiger partial charge in [-0.25, -0.2) is 0 Å². The fraction of sp³-hybridized carbons (Fsp3) is 0.111. The molecule has 0 bridgehead atoms. The Hall–Kier alpha value is -2.51. The fourth-order valence-electron chi connectivity index (χ4n) is 2.48. The third-order valence-electron chi connectivity index (χ3n) is 3.66. The van der Waals surface area contributed by atoms with Crippen LogP contribution in [0.5, 0.6) is 0 Å². The second kappa shape index (κ2) is 7.58. The minimum Gasteiger partial charge on any atom is -0.548 e. The summed E-state index contributed by atoms with van der Waals surface area (Å²) >= 11 is 6.33. The molecule has 0 N–H and O–H groups in total. The molecular weight excluding hydrogens is 356 g/mol. The zero-order valence-electron chi connectivity index (χ0n) is 13.0. The SMILES string of the molecule is O=C([O-])[C@H](Cc1ccccc1)N1C(=O)/C(=C/c2cccnc2)SC1=S. The van der Waals surface area contributed by atoms with E-state index >= 15 is 0 Å². The lowest BCUT2D eigenvalue weighted by Crippen LogP contribution is -2.51. The number of rotatable bonds is 5. The van der Waals surface area contributed by atoms with Gasteiger partial charge in [0.05, 0.1) is 16.9 Å². The number of nitrogens with zero attached hydrogens (tertiary/aromatic N) is 2. The van der Waals surface area contributed by atoms with E-state index in [0.29, 0.717) is 4.91 Å². The summed E-state index contributed by atoms with van der Waals surface area (Å²) in [5.41, 5.74) is 1.54. The van der Waals surface area contributed by atoms with E-state index in [1.165, 1.54) is 0 Å². The molecule has 1 aromatic heterocycles. The summed E-state index contributed by atoms with van der Waals surface area (Å²) in [6.07, 6.45) is 5.04. The van der Waals surface area contributed by atoms with E-state index in [0.717, 1.165) is 27.8 Å². The van der Waals surface area contributed by atoms with Crippen LogP contribution in [0, 0.1) is 0 Å². The zero-order chi connectivity index (χ0) is 17.8. The van der Waals surface area contributed by atoms with Crippen molar-refractivity contribution in [3.63, 3.8) is 0 Å². The maximum Gasteiger partial charge on any atom is 0.266 e. The van der Waals surface area contributed by atoms with Crippen molar-refractivity contribution in [3.05, 3.63) is 70.9 Å². The van der Waals surface area contributed by atoms with Crippen molar-refractivity contribution in [3.8, 4) is 0 Å². The van der Waals surface area contributed by atoms with Gasteiger partial charge >= 0.3 is 0 Å². The molecule has 2 heterocycles. The molecule has 3 rings (SSSR count). The first-order chi connectivity index (χ1) is 12.1. The van der Waals surface area contributed by atoms with Gasteiger partial charge < -0.3 is 9.90 Å². The van der Waals surface area contributed by atoms with Gasteiger partial charge in [-0.05, 0) is 29.7 Å². The number of carbonyl (C=O) groups is 2. The smallest absolute Gasteiger partial charge is 0.266 e. The second-order valence-electron chi connectivity index (χ2n) is 5.36. The molecule has 1 fully saturated rings. The molecule has 25 heavy (non-hydrogen) atoms. The molecule has 126 valence electrons. The van der Waals surface area contributed by atoms with Crippen LogP contribution in [0.1, 0.15) is 11.1 Å². The average molecular weight is 369 g/mol. The molecule has 1 atom stereocenters. The van der Waals surface area contributed by atoms with Crippen molar-refractivity contribution in [2.45, 2.75) is 12.5 Å². The molecular formula is C18H13N2O3S2-. The van der Waals surface area contributed by atoms with E-state index in [-0.39, 0.29) is 10.7 Å². The number of amides is 1. The largest absolute Gasteiger partial charge is 0.548 e. The molecule has 1 amide bonds. The van der Waals surface area contributed by atoms with Gasteiger partial charge in [-0.1, -0.05) is 60.4 Å². The number of benzene rings is 1. The van der Waals surface area contributed by atoms with Crippen LogP contribution in [-0.4, -0.2) is 32.1 Å². The van der Waals surface area contributed by atoms with E-state index in [9.17, 15) is 14.7 Å². The minimum absolute atomic E-state index is 0.135. The van der Waals surface area contributed by atoms with Crippen LogP contribution in [0.3, 0.4) is 0 Å². The minimum atomic E-state index is -1.33. The van der Waals surface area contributed by atoms with Crippen LogP contribution in [0.2, 0.25) is 0 Å². The number of carboxylic acids is 1. The maximum atomic E-state index is 12.7. The molecule has 1 aliphatic rings. The summed E-state index contributed by atoms with van der Waals surface area (Å²) in [6.45, 7) is 0. The van der Waals surface area contributed by atoms with Gasteiger partial charge in [0.15, 0.2) is 0 Å². The second-order valence-corrected chi connectivity index (χ2v) is 7.04. The van der Waals surface area contributed by atoms with Gasteiger partial charge in [0.1, 0.15) is 4.32 Å². The molecule has 1 saturated heterocycles. The summed E-state index contributed by atoms with van der Waals surface area (Å²) in [4.78, 5) is 29.8. The predicted octanol–water partition coefficient (Wildman–Crippen LogP) is 1.64. The molecule has 7 heteroatoms. The summed E-state index contributed by atoms with van der Waals surface area (Å²) < 4.78 is 0.213. The Morgan fingerprint density at radius 3 is 2.68 bits per heavy atom. The molecule has 0 unspecified atom stereocenters. The number of thiocarbonyl (C=S) groups is 1. The summed E-state index contributed by atoms with van der Waals surface area (Å²) in [6, 6.07) is 11.5. The van der Waals surface area contributed by atoms with Crippen molar-refractivity contribution in [2.24, 2.45) is 0 Å². The van der Waals surface area contributed by atoms with Gasteiger partial charge in [-0.15, -0.1) is 0 Å². The van der Waals surface area contributed by atoms with Crippen LogP contribution in [-0.2, 0) is 16.0 Å². The molecule has 5 nitrogen and oxygen atoms in total. The van der Waals surface area contributed by atoms with Gasteiger partial charge in [0, 0.05) is 12.4 Å². The quantitative estimate of drug-likeness (QED) is 0.589. The highest BCUT2D eigenvalue weighted by Crippen LogP contribution is 2.34. The number of hydrogen-bond acceptors (Lipinski definition) is 6. The van der Waals surface area contributed by atoms with Crippen LogP contribution in [0.15, 0.2) is 59.8 Å². The highest BCUT2D eigenvalue weighted by Gasteiger charge is 2.37. The third-order valence-corrected chi connectivity index (χ3v) is 4.99. The van der Waals surface area contributed by atoms with Crippen LogP contribution in [0.4, 0.5) is 0 Å². The normalized spacial score (nSPS) is 17.1. The Morgan fingerprint density at radius 1 is 1.28 bits per heavy atom. The monoisotopic (exact) mass is 369 g/mol. The van der Waals surface area contributed by atoms with Crippen molar-refractivity contribution in [2.75, 3.05) is 0 Å².